The Morgan fingerprint density at radius 3 is 1.18 bits per heavy atom. The van der Waals surface area contributed by atoms with E-state index in [0.717, 1.165) is 55.4 Å². The zero-order valence-electron chi connectivity index (χ0n) is 22.5. The normalized spacial score (nSPS) is 10.8. The third-order valence-electron chi connectivity index (χ3n) is 6.70. The van der Waals surface area contributed by atoms with Crippen LogP contribution in [-0.2, 0) is 0 Å². The van der Waals surface area contributed by atoms with Crippen molar-refractivity contribution in [1.29, 1.82) is 0 Å². The summed E-state index contributed by atoms with van der Waals surface area (Å²) in [5.41, 5.74) is 7.74. The highest BCUT2D eigenvalue weighted by atomic mass is 14.9. The van der Waals surface area contributed by atoms with Gasteiger partial charge in [-0.2, -0.15) is 0 Å². The zero-order valence-corrected chi connectivity index (χ0v) is 22.5. The number of rotatable bonds is 4. The van der Waals surface area contributed by atoms with E-state index in [4.69, 9.17) is 19.9 Å². The molecule has 2 heterocycles. The minimum absolute atomic E-state index is 0.701. The highest BCUT2D eigenvalue weighted by Gasteiger charge is 2.14. The molecule has 40 heavy (non-hydrogen) atoms. The van der Waals surface area contributed by atoms with Gasteiger partial charge in [-0.25, -0.2) is 19.9 Å². The third-order valence-corrected chi connectivity index (χ3v) is 6.70. The molecule has 4 heteroatoms. The first-order valence-corrected chi connectivity index (χ1v) is 13.6. The van der Waals surface area contributed by atoms with E-state index in [0.29, 0.717) is 11.6 Å². The molecule has 0 aliphatic heterocycles. The van der Waals surface area contributed by atoms with E-state index in [1.165, 1.54) is 0 Å². The minimum Gasteiger partial charge on any atom is -0.228 e. The van der Waals surface area contributed by atoms with Crippen LogP contribution in [0.15, 0.2) is 133 Å². The second kappa shape index (κ2) is 11.3. The number of nitrogens with zero attached hydrogens (tertiary/aromatic N) is 4. The maximum Gasteiger partial charge on any atom is 0.160 e. The van der Waals surface area contributed by atoms with E-state index in [1.54, 1.807) is 0 Å². The number of benzene rings is 5. The van der Waals surface area contributed by atoms with Crippen LogP contribution in [0, 0.1) is 0 Å². The van der Waals surface area contributed by atoms with Gasteiger partial charge in [-0.1, -0.05) is 135 Å². The summed E-state index contributed by atoms with van der Waals surface area (Å²) in [6, 6.07) is 45.0. The van der Waals surface area contributed by atoms with Gasteiger partial charge in [0.25, 0.3) is 0 Å². The molecule has 0 spiro atoms. The maximum absolute atomic E-state index is 5.01. The lowest BCUT2D eigenvalue weighted by Gasteiger charge is -2.11. The first kappa shape index (κ1) is 25.1. The smallest absolute Gasteiger partial charge is 0.160 e. The van der Waals surface area contributed by atoms with Crippen molar-refractivity contribution in [1.82, 2.24) is 19.9 Å². The summed E-state index contributed by atoms with van der Waals surface area (Å²) < 4.78 is 0. The molecule has 0 aliphatic carbocycles. The van der Waals surface area contributed by atoms with Gasteiger partial charge in [-0.15, -0.1) is 0 Å². The van der Waals surface area contributed by atoms with Gasteiger partial charge in [-0.3, -0.25) is 0 Å². The van der Waals surface area contributed by atoms with Crippen LogP contribution in [0.5, 0.6) is 0 Å². The van der Waals surface area contributed by atoms with E-state index in [9.17, 15) is 0 Å². The van der Waals surface area contributed by atoms with Crippen molar-refractivity contribution >= 4 is 21.8 Å². The second-order valence-corrected chi connectivity index (χ2v) is 9.14. The van der Waals surface area contributed by atoms with Crippen molar-refractivity contribution in [3.8, 4) is 45.3 Å². The predicted octanol–water partition coefficient (Wildman–Crippen LogP) is 9.27. The van der Waals surface area contributed by atoms with E-state index >= 15 is 0 Å². The Kier molecular flexibility index (Phi) is 7.06. The first-order valence-electron chi connectivity index (χ1n) is 13.6. The number of hydrogen-bond acceptors (Lipinski definition) is 4. The van der Waals surface area contributed by atoms with Gasteiger partial charge in [0, 0.05) is 33.0 Å². The summed E-state index contributed by atoms with van der Waals surface area (Å²) in [6.07, 6.45) is 0. The van der Waals surface area contributed by atoms with Crippen molar-refractivity contribution in [3.05, 3.63) is 133 Å². The standard InChI is InChI=1S/C34H22N4.C2H6/c1-3-11-23(12-4-1)31-27-15-7-9-17-29(27)36-34(37-31)26-21-19-24(20-22-26)32-28-16-8-10-18-30(28)35-33(38-32)25-13-5-2-6-14-25;1-2/h1-22H;1-2H3. The molecular weight excluding hydrogens is 488 g/mol. The quantitative estimate of drug-likeness (QED) is 0.234. The van der Waals surface area contributed by atoms with E-state index in [1.807, 2.05) is 98.8 Å². The van der Waals surface area contributed by atoms with Crippen LogP contribution in [0.2, 0.25) is 0 Å². The van der Waals surface area contributed by atoms with Crippen LogP contribution in [0.1, 0.15) is 13.8 Å². The summed E-state index contributed by atoms with van der Waals surface area (Å²) in [5, 5.41) is 2.06. The predicted molar refractivity (Wildman–Crippen MR) is 166 cm³/mol. The van der Waals surface area contributed by atoms with Crippen molar-refractivity contribution in [3.63, 3.8) is 0 Å². The van der Waals surface area contributed by atoms with Crippen LogP contribution in [0.3, 0.4) is 0 Å². The molecule has 5 aromatic carbocycles. The van der Waals surface area contributed by atoms with E-state index < -0.39 is 0 Å². The molecule has 0 atom stereocenters. The highest BCUT2D eigenvalue weighted by Crippen LogP contribution is 2.32. The monoisotopic (exact) mass is 516 g/mol. The lowest BCUT2D eigenvalue weighted by molar-refractivity contribution is 1.22. The van der Waals surface area contributed by atoms with Crippen molar-refractivity contribution in [2.75, 3.05) is 0 Å². The van der Waals surface area contributed by atoms with Crippen LogP contribution in [0.4, 0.5) is 0 Å². The Morgan fingerprint density at radius 1 is 0.325 bits per heavy atom. The molecule has 0 saturated carbocycles. The van der Waals surface area contributed by atoms with Crippen molar-refractivity contribution < 1.29 is 0 Å². The van der Waals surface area contributed by atoms with Crippen molar-refractivity contribution in [2.24, 2.45) is 0 Å². The lowest BCUT2D eigenvalue weighted by atomic mass is 10.0. The second-order valence-electron chi connectivity index (χ2n) is 9.14. The molecule has 2 aromatic heterocycles. The van der Waals surface area contributed by atoms with Gasteiger partial charge < -0.3 is 0 Å². The number of para-hydroxylation sites is 2. The lowest BCUT2D eigenvalue weighted by Crippen LogP contribution is -1.96. The van der Waals surface area contributed by atoms with Gasteiger partial charge in [0.2, 0.25) is 0 Å². The summed E-state index contributed by atoms with van der Waals surface area (Å²) in [6.45, 7) is 4.00. The molecule has 0 amide bonds. The molecule has 0 N–H and O–H groups in total. The summed E-state index contributed by atoms with van der Waals surface area (Å²) in [5.74, 6) is 1.42. The third kappa shape index (κ3) is 4.83. The highest BCUT2D eigenvalue weighted by molar-refractivity contribution is 5.95. The molecule has 7 rings (SSSR count). The zero-order chi connectivity index (χ0) is 27.3. The van der Waals surface area contributed by atoms with Gasteiger partial charge in [0.05, 0.1) is 22.4 Å². The van der Waals surface area contributed by atoms with Crippen LogP contribution in [-0.4, -0.2) is 19.9 Å². The van der Waals surface area contributed by atoms with E-state index in [2.05, 4.69) is 48.5 Å². The van der Waals surface area contributed by atoms with Crippen LogP contribution >= 0.6 is 0 Å². The fourth-order valence-corrected chi connectivity index (χ4v) is 4.81. The molecular formula is C36H28N4. The fraction of sp³-hybridized carbons (Fsp3) is 0.0556. The topological polar surface area (TPSA) is 51.6 Å². The number of hydrogen-bond donors (Lipinski definition) is 0. The fourth-order valence-electron chi connectivity index (χ4n) is 4.81. The minimum atomic E-state index is 0.701. The molecule has 0 fully saturated rings. The molecule has 4 nitrogen and oxygen atoms in total. The Balaban J connectivity index is 0.00000142. The van der Waals surface area contributed by atoms with Crippen LogP contribution in [0.25, 0.3) is 67.1 Å². The SMILES string of the molecule is CC.c1ccc(-c2nc(-c3ccc(-c4nc(-c5ccccc5)c5ccccc5n4)cc3)c3ccccc3n2)cc1. The molecule has 0 saturated heterocycles. The summed E-state index contributed by atoms with van der Waals surface area (Å²) >= 11 is 0. The molecule has 192 valence electrons. The Hall–Kier alpha value is -5.22. The number of fused-ring (bicyclic) bond motifs is 2. The van der Waals surface area contributed by atoms with Crippen molar-refractivity contribution in [2.45, 2.75) is 13.8 Å². The molecule has 0 unspecified atom stereocenters. The Labute approximate surface area is 234 Å². The molecule has 0 radical (unpaired) electrons. The van der Waals surface area contributed by atoms with Crippen LogP contribution < -0.4 is 0 Å². The van der Waals surface area contributed by atoms with Gasteiger partial charge in [0.15, 0.2) is 11.6 Å². The average Bonchev–Trinajstić information content (AvgIpc) is 3.05. The molecule has 0 bridgehead atoms. The largest absolute Gasteiger partial charge is 0.228 e. The first-order chi connectivity index (χ1) is 19.8. The van der Waals surface area contributed by atoms with E-state index in [-0.39, 0.29) is 0 Å². The summed E-state index contributed by atoms with van der Waals surface area (Å²) in [7, 11) is 0. The maximum atomic E-state index is 5.01. The average molecular weight is 517 g/mol. The summed E-state index contributed by atoms with van der Waals surface area (Å²) in [4.78, 5) is 19.7. The molecule has 0 aliphatic rings. The van der Waals surface area contributed by atoms with Gasteiger partial charge in [-0.05, 0) is 12.1 Å². The Bertz CT molecular complexity index is 1900. The van der Waals surface area contributed by atoms with Gasteiger partial charge >= 0.3 is 0 Å². The van der Waals surface area contributed by atoms with Gasteiger partial charge in [0.1, 0.15) is 0 Å². The Morgan fingerprint density at radius 2 is 0.675 bits per heavy atom. The molecule has 7 aromatic rings. The number of aromatic nitrogens is 4.